The van der Waals surface area contributed by atoms with Gasteiger partial charge in [0.25, 0.3) is 0 Å². The van der Waals surface area contributed by atoms with Crippen LogP contribution in [0.1, 0.15) is 31.7 Å². The molecule has 1 aliphatic rings. The number of aromatic nitrogens is 3. The topological polar surface area (TPSA) is 63.1 Å². The first-order valence-corrected chi connectivity index (χ1v) is 11.3. The standard InChI is InChI=1S/C23H27N5OS/c1-17(2)18-8-10-21(11-9-18)28-16-24-26-23(28)30-15-22(29)27-13-12-20(14-27)25-19-6-4-3-5-7-19/h3-11,16-17,20,25H,12-15H2,1-2H3. The van der Waals surface area contributed by atoms with E-state index in [0.717, 1.165) is 36.0 Å². The zero-order valence-electron chi connectivity index (χ0n) is 17.4. The summed E-state index contributed by atoms with van der Waals surface area (Å²) < 4.78 is 1.94. The molecule has 0 radical (unpaired) electrons. The molecule has 6 nitrogen and oxygen atoms in total. The molecule has 3 aromatic rings. The third-order valence-corrected chi connectivity index (χ3v) is 6.29. The molecule has 1 aliphatic heterocycles. The summed E-state index contributed by atoms with van der Waals surface area (Å²) in [5, 5.41) is 12.5. The van der Waals surface area contributed by atoms with Gasteiger partial charge in [0.15, 0.2) is 5.16 Å². The van der Waals surface area contributed by atoms with Gasteiger partial charge in [-0.25, -0.2) is 0 Å². The molecule has 1 N–H and O–H groups in total. The Morgan fingerprint density at radius 2 is 1.93 bits per heavy atom. The quantitative estimate of drug-likeness (QED) is 0.580. The Morgan fingerprint density at radius 1 is 1.17 bits per heavy atom. The minimum absolute atomic E-state index is 0.141. The average molecular weight is 422 g/mol. The normalized spacial score (nSPS) is 16.2. The van der Waals surface area contributed by atoms with E-state index in [9.17, 15) is 4.79 Å². The van der Waals surface area contributed by atoms with Crippen LogP contribution in [0.5, 0.6) is 0 Å². The monoisotopic (exact) mass is 421 g/mol. The molecular formula is C23H27N5OS. The van der Waals surface area contributed by atoms with E-state index < -0.39 is 0 Å². The van der Waals surface area contributed by atoms with Gasteiger partial charge < -0.3 is 10.2 Å². The first-order valence-electron chi connectivity index (χ1n) is 10.3. The van der Waals surface area contributed by atoms with Gasteiger partial charge in [-0.3, -0.25) is 9.36 Å². The number of para-hydroxylation sites is 1. The van der Waals surface area contributed by atoms with E-state index in [-0.39, 0.29) is 5.91 Å². The van der Waals surface area contributed by atoms with Crippen molar-refractivity contribution in [3.05, 3.63) is 66.5 Å². The first kappa shape index (κ1) is 20.5. The molecule has 4 rings (SSSR count). The van der Waals surface area contributed by atoms with Gasteiger partial charge in [0, 0.05) is 30.5 Å². The van der Waals surface area contributed by atoms with Gasteiger partial charge in [-0.05, 0) is 42.2 Å². The average Bonchev–Trinajstić information content (AvgIpc) is 3.42. The smallest absolute Gasteiger partial charge is 0.233 e. The van der Waals surface area contributed by atoms with Crippen molar-refractivity contribution in [2.24, 2.45) is 0 Å². The molecule has 1 unspecified atom stereocenters. The fraction of sp³-hybridized carbons (Fsp3) is 0.348. The van der Waals surface area contributed by atoms with Crippen molar-refractivity contribution in [2.45, 2.75) is 37.4 Å². The number of hydrogen-bond acceptors (Lipinski definition) is 5. The molecule has 1 fully saturated rings. The number of amides is 1. The highest BCUT2D eigenvalue weighted by Crippen LogP contribution is 2.23. The maximum absolute atomic E-state index is 12.7. The number of likely N-dealkylation sites (tertiary alicyclic amines) is 1. The first-order chi connectivity index (χ1) is 14.6. The van der Waals surface area contributed by atoms with Crippen LogP contribution in [0.25, 0.3) is 5.69 Å². The second-order valence-corrected chi connectivity index (χ2v) is 8.80. The molecule has 0 saturated carbocycles. The van der Waals surface area contributed by atoms with E-state index in [1.807, 2.05) is 27.7 Å². The van der Waals surface area contributed by atoms with Crippen LogP contribution < -0.4 is 5.32 Å². The minimum Gasteiger partial charge on any atom is -0.380 e. The molecule has 0 aliphatic carbocycles. The van der Waals surface area contributed by atoms with Gasteiger partial charge in [-0.15, -0.1) is 10.2 Å². The van der Waals surface area contributed by atoms with Gasteiger partial charge in [-0.1, -0.05) is 55.9 Å². The molecule has 1 saturated heterocycles. The van der Waals surface area contributed by atoms with E-state index in [4.69, 9.17) is 0 Å². The number of nitrogens with one attached hydrogen (secondary N) is 1. The van der Waals surface area contributed by atoms with Gasteiger partial charge in [0.2, 0.25) is 5.91 Å². The number of rotatable bonds is 7. The third kappa shape index (κ3) is 4.84. The summed E-state index contributed by atoms with van der Waals surface area (Å²) >= 11 is 1.44. The predicted octanol–water partition coefficient (Wildman–Crippen LogP) is 4.20. The molecular weight excluding hydrogens is 394 g/mol. The Labute approximate surface area is 181 Å². The van der Waals surface area contributed by atoms with Crippen molar-refractivity contribution in [1.82, 2.24) is 19.7 Å². The van der Waals surface area contributed by atoms with Crippen LogP contribution in [0.2, 0.25) is 0 Å². The van der Waals surface area contributed by atoms with Crippen LogP contribution in [0.3, 0.4) is 0 Å². The summed E-state index contributed by atoms with van der Waals surface area (Å²) in [6.07, 6.45) is 2.66. The summed E-state index contributed by atoms with van der Waals surface area (Å²) in [6.45, 7) is 5.88. The highest BCUT2D eigenvalue weighted by atomic mass is 32.2. The second kappa shape index (κ2) is 9.34. The lowest BCUT2D eigenvalue weighted by Crippen LogP contribution is -2.32. The minimum atomic E-state index is 0.141. The number of anilines is 1. The van der Waals surface area contributed by atoms with Crippen molar-refractivity contribution < 1.29 is 4.79 Å². The molecule has 1 aromatic heterocycles. The van der Waals surface area contributed by atoms with Crippen LogP contribution in [0.4, 0.5) is 5.69 Å². The molecule has 30 heavy (non-hydrogen) atoms. The Bertz CT molecular complexity index is 971. The zero-order chi connectivity index (χ0) is 20.9. The van der Waals surface area contributed by atoms with Crippen LogP contribution in [-0.4, -0.2) is 50.5 Å². The lowest BCUT2D eigenvalue weighted by Gasteiger charge is -2.17. The van der Waals surface area contributed by atoms with E-state index in [2.05, 4.69) is 65.8 Å². The molecule has 1 amide bonds. The highest BCUT2D eigenvalue weighted by molar-refractivity contribution is 7.99. The Kier molecular flexibility index (Phi) is 6.38. The van der Waals surface area contributed by atoms with Gasteiger partial charge in [0.1, 0.15) is 6.33 Å². The number of carbonyl (C=O) groups excluding carboxylic acids is 1. The Balaban J connectivity index is 1.32. The maximum Gasteiger partial charge on any atom is 0.233 e. The zero-order valence-corrected chi connectivity index (χ0v) is 18.2. The van der Waals surface area contributed by atoms with Crippen molar-refractivity contribution in [3.63, 3.8) is 0 Å². The summed E-state index contributed by atoms with van der Waals surface area (Å²) in [7, 11) is 0. The highest BCUT2D eigenvalue weighted by Gasteiger charge is 2.26. The van der Waals surface area contributed by atoms with E-state index >= 15 is 0 Å². The maximum atomic E-state index is 12.7. The largest absolute Gasteiger partial charge is 0.380 e. The SMILES string of the molecule is CC(C)c1ccc(-n2cnnc2SCC(=O)N2CCC(Nc3ccccc3)C2)cc1. The van der Waals surface area contributed by atoms with E-state index in [1.165, 1.54) is 17.3 Å². The van der Waals surface area contributed by atoms with E-state index in [1.54, 1.807) is 6.33 Å². The van der Waals surface area contributed by atoms with Crippen LogP contribution in [-0.2, 0) is 4.79 Å². The number of carbonyl (C=O) groups is 1. The van der Waals surface area contributed by atoms with Crippen molar-refractivity contribution >= 4 is 23.4 Å². The fourth-order valence-corrected chi connectivity index (χ4v) is 4.44. The lowest BCUT2D eigenvalue weighted by atomic mass is 10.0. The molecule has 7 heteroatoms. The molecule has 2 heterocycles. The van der Waals surface area contributed by atoms with Crippen LogP contribution >= 0.6 is 11.8 Å². The van der Waals surface area contributed by atoms with Crippen molar-refractivity contribution in [3.8, 4) is 5.69 Å². The Morgan fingerprint density at radius 3 is 2.67 bits per heavy atom. The Hall–Kier alpha value is -2.80. The second-order valence-electron chi connectivity index (χ2n) is 7.85. The molecule has 0 spiro atoms. The van der Waals surface area contributed by atoms with Gasteiger partial charge >= 0.3 is 0 Å². The number of thioether (sulfide) groups is 1. The summed E-state index contributed by atoms with van der Waals surface area (Å²) in [4.78, 5) is 14.7. The predicted molar refractivity (Wildman–Crippen MR) is 121 cm³/mol. The lowest BCUT2D eigenvalue weighted by molar-refractivity contribution is -0.127. The number of nitrogens with zero attached hydrogens (tertiary/aromatic N) is 4. The summed E-state index contributed by atoms with van der Waals surface area (Å²) in [5.41, 5.74) is 3.40. The number of hydrogen-bond donors (Lipinski definition) is 1. The molecule has 0 bridgehead atoms. The van der Waals surface area contributed by atoms with Gasteiger partial charge in [0.05, 0.1) is 5.75 Å². The third-order valence-electron chi connectivity index (χ3n) is 5.36. The molecule has 2 aromatic carbocycles. The van der Waals surface area contributed by atoms with E-state index in [0.29, 0.717) is 17.7 Å². The van der Waals surface area contributed by atoms with Gasteiger partial charge in [-0.2, -0.15) is 0 Å². The molecule has 156 valence electrons. The molecule has 1 atom stereocenters. The van der Waals surface area contributed by atoms with Crippen molar-refractivity contribution in [1.29, 1.82) is 0 Å². The number of benzene rings is 2. The van der Waals surface area contributed by atoms with Crippen LogP contribution in [0.15, 0.2) is 66.1 Å². The summed E-state index contributed by atoms with van der Waals surface area (Å²) in [6, 6.07) is 18.9. The van der Waals surface area contributed by atoms with Crippen molar-refractivity contribution in [2.75, 3.05) is 24.2 Å². The van der Waals surface area contributed by atoms with Crippen LogP contribution in [0, 0.1) is 0 Å². The summed E-state index contributed by atoms with van der Waals surface area (Å²) in [5.74, 6) is 0.995. The fourth-order valence-electron chi connectivity index (χ4n) is 3.61.